The molecule has 0 aliphatic carbocycles. The Bertz CT molecular complexity index is 743. The van der Waals surface area contributed by atoms with Crippen LogP contribution >= 0.6 is 0 Å². The van der Waals surface area contributed by atoms with E-state index < -0.39 is 0 Å². The van der Waals surface area contributed by atoms with E-state index in [1.54, 1.807) is 0 Å². The van der Waals surface area contributed by atoms with Crippen LogP contribution in [-0.2, 0) is 4.74 Å². The first-order valence-electron chi connectivity index (χ1n) is 9.19. The second-order valence-electron chi connectivity index (χ2n) is 7.26. The van der Waals surface area contributed by atoms with Gasteiger partial charge in [-0.3, -0.25) is 9.69 Å². The maximum Gasteiger partial charge on any atom is 0.251 e. The van der Waals surface area contributed by atoms with Crippen molar-refractivity contribution in [2.75, 3.05) is 26.2 Å². The molecule has 0 radical (unpaired) electrons. The Hall–Kier alpha value is -1.85. The second-order valence-corrected chi connectivity index (χ2v) is 7.26. The molecular weight excluding hydrogens is 314 g/mol. The molecule has 3 rings (SSSR count). The maximum absolute atomic E-state index is 12.4. The zero-order valence-corrected chi connectivity index (χ0v) is 15.7. The summed E-state index contributed by atoms with van der Waals surface area (Å²) in [6.45, 7) is 12.0. The minimum atomic E-state index is 0.00358. The van der Waals surface area contributed by atoms with Gasteiger partial charge in [-0.15, -0.1) is 0 Å². The summed E-state index contributed by atoms with van der Waals surface area (Å²) < 4.78 is 5.75. The fourth-order valence-electron chi connectivity index (χ4n) is 3.68. The van der Waals surface area contributed by atoms with E-state index in [4.69, 9.17) is 4.74 Å². The predicted molar refractivity (Wildman–Crippen MR) is 101 cm³/mol. The fraction of sp³-hybridized carbons (Fsp3) is 0.550. The van der Waals surface area contributed by atoms with E-state index in [0.717, 1.165) is 48.2 Å². The molecule has 1 amide bonds. The van der Waals surface area contributed by atoms with Gasteiger partial charge >= 0.3 is 0 Å². The van der Waals surface area contributed by atoms with Gasteiger partial charge in [-0.05, 0) is 57.9 Å². The smallest absolute Gasteiger partial charge is 0.251 e. The van der Waals surface area contributed by atoms with Gasteiger partial charge in [0.1, 0.15) is 0 Å². The molecule has 1 saturated heterocycles. The Morgan fingerprint density at radius 2 is 2.00 bits per heavy atom. The number of carbonyl (C=O) groups excluding carboxylic acids is 1. The zero-order valence-electron chi connectivity index (χ0n) is 15.7. The molecule has 25 heavy (non-hydrogen) atoms. The lowest BCUT2D eigenvalue weighted by molar-refractivity contribution is -0.0679. The summed E-state index contributed by atoms with van der Waals surface area (Å²) in [5.74, 6) is 0.00358. The number of aromatic nitrogens is 1. The Morgan fingerprint density at radius 1 is 1.28 bits per heavy atom. The highest BCUT2D eigenvalue weighted by Gasteiger charge is 2.21. The lowest BCUT2D eigenvalue weighted by Gasteiger charge is -2.35. The minimum absolute atomic E-state index is 0.00358. The average Bonchev–Trinajstić information content (AvgIpc) is 2.85. The number of hydrogen-bond acceptors (Lipinski definition) is 3. The van der Waals surface area contributed by atoms with Gasteiger partial charge in [-0.1, -0.05) is 0 Å². The molecule has 0 spiro atoms. The Labute approximate surface area is 149 Å². The third-order valence-corrected chi connectivity index (χ3v) is 5.00. The molecule has 0 bridgehead atoms. The number of benzene rings is 1. The summed E-state index contributed by atoms with van der Waals surface area (Å²) in [5, 5.41) is 4.17. The number of rotatable bonds is 5. The molecule has 1 aliphatic heterocycles. The van der Waals surface area contributed by atoms with Crippen LogP contribution in [-0.4, -0.2) is 54.2 Å². The standard InChI is InChI=1S/C20H29N3O2/c1-13-11-23(12-14(2)25-13)9-5-8-21-20(24)17-6-7-19-18(10-17)15(3)16(4)22-19/h6-7,10,13-14,22H,5,8-9,11-12H2,1-4H3,(H,21,24)/t13-,14-/m0/s1. The van der Waals surface area contributed by atoms with E-state index in [0.29, 0.717) is 6.54 Å². The molecule has 2 aromatic rings. The lowest BCUT2D eigenvalue weighted by atomic mass is 10.1. The Morgan fingerprint density at radius 3 is 2.72 bits per heavy atom. The van der Waals surface area contributed by atoms with Crippen molar-refractivity contribution < 1.29 is 9.53 Å². The zero-order chi connectivity index (χ0) is 18.0. The number of morpholine rings is 1. The summed E-state index contributed by atoms with van der Waals surface area (Å²) in [5.41, 5.74) is 4.17. The number of nitrogens with zero attached hydrogens (tertiary/aromatic N) is 1. The van der Waals surface area contributed by atoms with Crippen LogP contribution in [0.1, 0.15) is 41.9 Å². The van der Waals surface area contributed by atoms with Crippen molar-refractivity contribution in [2.24, 2.45) is 0 Å². The van der Waals surface area contributed by atoms with Crippen LogP contribution in [0.2, 0.25) is 0 Å². The van der Waals surface area contributed by atoms with Crippen LogP contribution in [0.5, 0.6) is 0 Å². The molecule has 2 atom stereocenters. The van der Waals surface area contributed by atoms with E-state index >= 15 is 0 Å². The SMILES string of the molecule is Cc1[nH]c2ccc(C(=O)NCCCN3C[C@H](C)O[C@@H](C)C3)cc2c1C. The van der Waals surface area contributed by atoms with Crippen LogP contribution in [0.25, 0.3) is 10.9 Å². The summed E-state index contributed by atoms with van der Waals surface area (Å²) in [7, 11) is 0. The van der Waals surface area contributed by atoms with E-state index in [1.165, 1.54) is 5.56 Å². The van der Waals surface area contributed by atoms with Gasteiger partial charge in [0.15, 0.2) is 0 Å². The number of ether oxygens (including phenoxy) is 1. The molecule has 0 saturated carbocycles. The number of fused-ring (bicyclic) bond motifs is 1. The van der Waals surface area contributed by atoms with Crippen molar-refractivity contribution in [1.29, 1.82) is 0 Å². The predicted octanol–water partition coefficient (Wildman–Crippen LogP) is 3.01. The molecule has 5 nitrogen and oxygen atoms in total. The number of aryl methyl sites for hydroxylation is 2. The highest BCUT2D eigenvalue weighted by atomic mass is 16.5. The molecule has 1 aromatic heterocycles. The molecule has 2 heterocycles. The van der Waals surface area contributed by atoms with Gasteiger partial charge in [0.25, 0.3) is 5.91 Å². The number of H-pyrrole nitrogens is 1. The van der Waals surface area contributed by atoms with Crippen LogP contribution in [0.4, 0.5) is 0 Å². The van der Waals surface area contributed by atoms with Crippen molar-refractivity contribution in [3.63, 3.8) is 0 Å². The lowest BCUT2D eigenvalue weighted by Crippen LogP contribution is -2.46. The van der Waals surface area contributed by atoms with E-state index in [1.807, 2.05) is 18.2 Å². The molecule has 136 valence electrons. The third kappa shape index (κ3) is 4.22. The molecule has 1 fully saturated rings. The molecule has 1 aliphatic rings. The average molecular weight is 343 g/mol. The molecule has 1 aromatic carbocycles. The molecule has 0 unspecified atom stereocenters. The van der Waals surface area contributed by atoms with Gasteiger partial charge in [-0.2, -0.15) is 0 Å². The topological polar surface area (TPSA) is 57.4 Å². The Balaban J connectivity index is 1.50. The van der Waals surface area contributed by atoms with Gasteiger partial charge in [-0.25, -0.2) is 0 Å². The van der Waals surface area contributed by atoms with Crippen molar-refractivity contribution in [2.45, 2.75) is 46.3 Å². The molecule has 5 heteroatoms. The molecule has 2 N–H and O–H groups in total. The first-order chi connectivity index (χ1) is 11.9. The van der Waals surface area contributed by atoms with Crippen LogP contribution in [0, 0.1) is 13.8 Å². The summed E-state index contributed by atoms with van der Waals surface area (Å²) in [6, 6.07) is 5.86. The molecular formula is C20H29N3O2. The van der Waals surface area contributed by atoms with Gasteiger partial charge in [0.2, 0.25) is 0 Å². The number of amides is 1. The van der Waals surface area contributed by atoms with Crippen molar-refractivity contribution >= 4 is 16.8 Å². The highest BCUT2D eigenvalue weighted by molar-refractivity contribution is 5.99. The summed E-state index contributed by atoms with van der Waals surface area (Å²) in [6.07, 6.45) is 1.53. The van der Waals surface area contributed by atoms with Crippen molar-refractivity contribution in [1.82, 2.24) is 15.2 Å². The van der Waals surface area contributed by atoms with Crippen LogP contribution in [0.3, 0.4) is 0 Å². The van der Waals surface area contributed by atoms with Gasteiger partial charge < -0.3 is 15.0 Å². The summed E-state index contributed by atoms with van der Waals surface area (Å²) >= 11 is 0. The first-order valence-corrected chi connectivity index (χ1v) is 9.19. The quantitative estimate of drug-likeness (QED) is 0.821. The van der Waals surface area contributed by atoms with Crippen molar-refractivity contribution in [3.8, 4) is 0 Å². The van der Waals surface area contributed by atoms with Crippen molar-refractivity contribution in [3.05, 3.63) is 35.0 Å². The van der Waals surface area contributed by atoms with E-state index in [-0.39, 0.29) is 18.1 Å². The van der Waals surface area contributed by atoms with Gasteiger partial charge in [0.05, 0.1) is 12.2 Å². The number of aromatic amines is 1. The largest absolute Gasteiger partial charge is 0.373 e. The normalized spacial score (nSPS) is 21.6. The maximum atomic E-state index is 12.4. The number of hydrogen-bond donors (Lipinski definition) is 2. The van der Waals surface area contributed by atoms with E-state index in [2.05, 4.69) is 42.9 Å². The monoisotopic (exact) mass is 343 g/mol. The highest BCUT2D eigenvalue weighted by Crippen LogP contribution is 2.22. The van der Waals surface area contributed by atoms with Gasteiger partial charge in [0, 0.05) is 48.3 Å². The van der Waals surface area contributed by atoms with Crippen LogP contribution < -0.4 is 5.32 Å². The first kappa shape index (κ1) is 18.0. The van der Waals surface area contributed by atoms with E-state index in [9.17, 15) is 4.79 Å². The summed E-state index contributed by atoms with van der Waals surface area (Å²) in [4.78, 5) is 18.2. The number of nitrogens with one attached hydrogen (secondary N) is 2. The minimum Gasteiger partial charge on any atom is -0.373 e. The third-order valence-electron chi connectivity index (χ3n) is 5.00. The Kier molecular flexibility index (Phi) is 5.45. The van der Waals surface area contributed by atoms with Crippen LogP contribution in [0.15, 0.2) is 18.2 Å². The fourth-order valence-corrected chi connectivity index (χ4v) is 3.68. The second kappa shape index (κ2) is 7.58. The number of carbonyl (C=O) groups is 1.